The van der Waals surface area contributed by atoms with Crippen molar-refractivity contribution >= 4 is 17.4 Å². The summed E-state index contributed by atoms with van der Waals surface area (Å²) in [5.74, 6) is -5.03. The van der Waals surface area contributed by atoms with E-state index in [0.29, 0.717) is 18.3 Å². The number of Topliss-reactive ketones (excluding diaryl/α,β-unsaturated/α-hetero) is 1. The van der Waals surface area contributed by atoms with Gasteiger partial charge in [-0.3, -0.25) is 4.79 Å². The molecule has 0 fully saturated rings. The van der Waals surface area contributed by atoms with E-state index in [-0.39, 0.29) is 0 Å². The van der Waals surface area contributed by atoms with Crippen molar-refractivity contribution in [1.82, 2.24) is 0 Å². The Morgan fingerprint density at radius 2 is 1.88 bits per heavy atom. The van der Waals surface area contributed by atoms with Gasteiger partial charge < -0.3 is 15.4 Å². The van der Waals surface area contributed by atoms with Crippen LogP contribution in [0.15, 0.2) is 23.9 Å². The standard InChI is InChI=1S/C10H5F2NO4/c11-5-1-2-6(12)8-7(5)9(14)4(10(15)16)3-13(8)17/h1-3,13H,(H,15,16). The molecule has 1 aliphatic heterocycles. The number of carbonyl (C=O) groups is 2. The van der Waals surface area contributed by atoms with Gasteiger partial charge >= 0.3 is 5.97 Å². The van der Waals surface area contributed by atoms with E-state index in [2.05, 4.69) is 0 Å². The maximum atomic E-state index is 13.4. The molecule has 0 radical (unpaired) electrons. The van der Waals surface area contributed by atoms with E-state index < -0.39 is 45.3 Å². The number of aliphatic carboxylic acids is 1. The van der Waals surface area contributed by atoms with Gasteiger partial charge in [-0.25, -0.2) is 13.6 Å². The Morgan fingerprint density at radius 3 is 2.47 bits per heavy atom. The fraction of sp³-hybridized carbons (Fsp3) is 0. The minimum Gasteiger partial charge on any atom is -0.624 e. The Kier molecular flexibility index (Phi) is 2.49. The molecule has 1 heterocycles. The third kappa shape index (κ3) is 1.61. The van der Waals surface area contributed by atoms with Gasteiger partial charge in [0.25, 0.3) is 0 Å². The summed E-state index contributed by atoms with van der Waals surface area (Å²) in [6.45, 7) is 0. The number of quaternary nitrogens is 1. The molecule has 7 heteroatoms. The van der Waals surface area contributed by atoms with Gasteiger partial charge in [0, 0.05) is 0 Å². The molecule has 0 aromatic heterocycles. The molecule has 0 amide bonds. The summed E-state index contributed by atoms with van der Waals surface area (Å²) in [6, 6.07) is 1.38. The number of benzene rings is 1. The number of carbonyl (C=O) groups excluding carboxylic acids is 1. The number of carboxylic acids is 1. The van der Waals surface area contributed by atoms with E-state index >= 15 is 0 Å². The van der Waals surface area contributed by atoms with E-state index in [0.717, 1.165) is 0 Å². The SMILES string of the molecule is O=C(O)C1=C[NH+]([O-])c2c(F)ccc(F)c2C1=O. The van der Waals surface area contributed by atoms with Gasteiger partial charge in [-0.2, -0.15) is 0 Å². The second kappa shape index (κ2) is 3.72. The second-order valence-electron chi connectivity index (χ2n) is 3.34. The molecular weight excluding hydrogens is 236 g/mol. The zero-order chi connectivity index (χ0) is 12.7. The first-order valence-electron chi connectivity index (χ1n) is 4.45. The number of hydrogen-bond acceptors (Lipinski definition) is 3. The zero-order valence-corrected chi connectivity index (χ0v) is 8.16. The van der Waals surface area contributed by atoms with Crippen LogP contribution in [0.25, 0.3) is 0 Å². The minimum absolute atomic E-state index is 0.496. The van der Waals surface area contributed by atoms with Gasteiger partial charge in [0.2, 0.25) is 5.78 Å². The smallest absolute Gasteiger partial charge is 0.345 e. The number of halogens is 2. The highest BCUT2D eigenvalue weighted by Gasteiger charge is 2.35. The van der Waals surface area contributed by atoms with E-state index in [1.165, 1.54) is 0 Å². The average molecular weight is 241 g/mol. The van der Waals surface area contributed by atoms with Crippen molar-refractivity contribution in [2.75, 3.05) is 0 Å². The van der Waals surface area contributed by atoms with Crippen molar-refractivity contribution in [3.8, 4) is 0 Å². The van der Waals surface area contributed by atoms with Gasteiger partial charge in [0.15, 0.2) is 17.1 Å². The number of hydrogen-bond donors (Lipinski definition) is 2. The van der Waals surface area contributed by atoms with E-state index in [4.69, 9.17) is 5.11 Å². The Hall–Kier alpha value is -2.12. The molecule has 0 aliphatic carbocycles. The van der Waals surface area contributed by atoms with Crippen molar-refractivity contribution in [2.24, 2.45) is 0 Å². The zero-order valence-electron chi connectivity index (χ0n) is 8.16. The van der Waals surface area contributed by atoms with Crippen LogP contribution in [0.5, 0.6) is 0 Å². The Balaban J connectivity index is 2.72. The molecule has 0 saturated carbocycles. The molecule has 2 rings (SSSR count). The van der Waals surface area contributed by atoms with Crippen LogP contribution in [0.2, 0.25) is 0 Å². The van der Waals surface area contributed by atoms with Crippen molar-refractivity contribution in [2.45, 2.75) is 0 Å². The van der Waals surface area contributed by atoms with Gasteiger partial charge in [-0.1, -0.05) is 0 Å². The average Bonchev–Trinajstić information content (AvgIpc) is 2.26. The molecule has 5 nitrogen and oxygen atoms in total. The first kappa shape index (κ1) is 11.4. The maximum Gasteiger partial charge on any atom is 0.345 e. The van der Waals surface area contributed by atoms with E-state index in [1.807, 2.05) is 0 Å². The number of ketones is 1. The van der Waals surface area contributed by atoms with Gasteiger partial charge in [-0.15, -0.1) is 0 Å². The van der Waals surface area contributed by atoms with Gasteiger partial charge in [0.1, 0.15) is 17.6 Å². The summed E-state index contributed by atoms with van der Waals surface area (Å²) in [5.41, 5.74) is -2.41. The van der Waals surface area contributed by atoms with Crippen molar-refractivity contribution in [3.05, 3.63) is 46.3 Å². The van der Waals surface area contributed by atoms with Crippen LogP contribution < -0.4 is 5.06 Å². The van der Waals surface area contributed by atoms with Crippen LogP contribution in [0, 0.1) is 16.8 Å². The van der Waals surface area contributed by atoms with Crippen molar-refractivity contribution < 1.29 is 28.5 Å². The van der Waals surface area contributed by atoms with Gasteiger partial charge in [0.05, 0.1) is 0 Å². The molecule has 1 unspecified atom stereocenters. The second-order valence-corrected chi connectivity index (χ2v) is 3.34. The fourth-order valence-corrected chi connectivity index (χ4v) is 1.58. The van der Waals surface area contributed by atoms with Crippen LogP contribution in [0.3, 0.4) is 0 Å². The molecule has 1 aliphatic rings. The van der Waals surface area contributed by atoms with Crippen LogP contribution in [-0.4, -0.2) is 16.9 Å². The molecule has 0 saturated heterocycles. The number of hydroxylamine groups is 1. The fourth-order valence-electron chi connectivity index (χ4n) is 1.58. The Bertz CT molecular complexity index is 568. The van der Waals surface area contributed by atoms with E-state index in [9.17, 15) is 23.6 Å². The largest absolute Gasteiger partial charge is 0.624 e. The summed E-state index contributed by atoms with van der Waals surface area (Å²) in [6.07, 6.45) is 0.496. The number of carboxylic acid groups (broad SMARTS) is 1. The van der Waals surface area contributed by atoms with E-state index in [1.54, 1.807) is 0 Å². The lowest BCUT2D eigenvalue weighted by atomic mass is 9.98. The lowest BCUT2D eigenvalue weighted by Crippen LogP contribution is -2.98. The third-order valence-corrected chi connectivity index (χ3v) is 2.33. The monoisotopic (exact) mass is 241 g/mol. The summed E-state index contributed by atoms with van der Waals surface area (Å²) in [4.78, 5) is 22.2. The molecule has 1 atom stereocenters. The number of fused-ring (bicyclic) bond motifs is 1. The number of nitrogens with one attached hydrogen (secondary N) is 1. The quantitative estimate of drug-likeness (QED) is 0.541. The highest BCUT2D eigenvalue weighted by atomic mass is 19.1. The summed E-state index contributed by atoms with van der Waals surface area (Å²) in [5, 5.41) is 19.0. The Morgan fingerprint density at radius 1 is 1.29 bits per heavy atom. The molecule has 2 N–H and O–H groups in total. The number of rotatable bonds is 1. The predicted molar refractivity (Wildman–Crippen MR) is 50.4 cm³/mol. The summed E-state index contributed by atoms with van der Waals surface area (Å²) < 4.78 is 26.6. The highest BCUT2D eigenvalue weighted by molar-refractivity contribution is 6.25. The normalized spacial score (nSPS) is 18.6. The molecular formula is C10H5F2NO4. The van der Waals surface area contributed by atoms with Crippen LogP contribution in [-0.2, 0) is 4.79 Å². The third-order valence-electron chi connectivity index (χ3n) is 2.33. The van der Waals surface area contributed by atoms with Crippen molar-refractivity contribution in [3.63, 3.8) is 0 Å². The predicted octanol–water partition coefficient (Wildman–Crippen LogP) is 0.144. The highest BCUT2D eigenvalue weighted by Crippen LogP contribution is 2.25. The lowest BCUT2D eigenvalue weighted by Gasteiger charge is -2.24. The first-order chi connectivity index (χ1) is 7.93. The minimum atomic E-state index is -1.65. The van der Waals surface area contributed by atoms with Gasteiger partial charge in [-0.05, 0) is 12.1 Å². The summed E-state index contributed by atoms with van der Waals surface area (Å²) >= 11 is 0. The molecule has 0 bridgehead atoms. The van der Waals surface area contributed by atoms with Crippen LogP contribution in [0.4, 0.5) is 14.5 Å². The molecule has 1 aromatic carbocycles. The van der Waals surface area contributed by atoms with Crippen molar-refractivity contribution in [1.29, 1.82) is 0 Å². The van der Waals surface area contributed by atoms with Crippen LogP contribution >= 0.6 is 0 Å². The lowest BCUT2D eigenvalue weighted by molar-refractivity contribution is -0.716. The maximum absolute atomic E-state index is 13.4. The Labute approximate surface area is 93.2 Å². The molecule has 17 heavy (non-hydrogen) atoms. The first-order valence-corrected chi connectivity index (χ1v) is 4.45. The van der Waals surface area contributed by atoms with Crippen LogP contribution in [0.1, 0.15) is 10.4 Å². The molecule has 1 aromatic rings. The topological polar surface area (TPSA) is 81.9 Å². The molecule has 0 spiro atoms. The summed E-state index contributed by atoms with van der Waals surface area (Å²) in [7, 11) is 0. The molecule has 88 valence electrons.